The van der Waals surface area contributed by atoms with Crippen molar-refractivity contribution in [2.24, 2.45) is 0 Å². The van der Waals surface area contributed by atoms with E-state index in [-0.39, 0.29) is 6.04 Å². The number of allylic oxidation sites excluding steroid dienone is 2. The van der Waals surface area contributed by atoms with Gasteiger partial charge in [-0.15, -0.1) is 0 Å². The molecule has 0 spiro atoms. The maximum atomic E-state index is 10.3. The molecule has 8 aromatic carbocycles. The van der Waals surface area contributed by atoms with Crippen LogP contribution in [0.4, 0.5) is 17.1 Å². The Labute approximate surface area is 340 Å². The molecule has 0 amide bonds. The number of benzene rings is 8. The zero-order valence-corrected chi connectivity index (χ0v) is 32.0. The van der Waals surface area contributed by atoms with Crippen LogP contribution in [0.25, 0.3) is 66.8 Å². The van der Waals surface area contributed by atoms with Crippen molar-refractivity contribution in [3.8, 4) is 72.8 Å². The molecule has 3 nitrogen and oxygen atoms in total. The Morgan fingerprint density at radius 3 is 1.67 bits per heavy atom. The molecule has 8 aromatic rings. The molecular formula is C55H41N3. The topological polar surface area (TPSA) is 47.9 Å². The number of nitriles is 1. The zero-order chi connectivity index (χ0) is 39.1. The Balaban J connectivity index is 1.07. The second-order valence-electron chi connectivity index (χ2n) is 14.6. The first kappa shape index (κ1) is 36.0. The van der Waals surface area contributed by atoms with Crippen molar-refractivity contribution in [2.45, 2.75) is 12.5 Å². The quantitative estimate of drug-likeness (QED) is 0.147. The lowest BCUT2D eigenvalue weighted by Gasteiger charge is -2.21. The number of nitrogens with zero attached hydrogens (tertiary/aromatic N) is 1. The summed E-state index contributed by atoms with van der Waals surface area (Å²) >= 11 is 0. The molecule has 0 heterocycles. The van der Waals surface area contributed by atoms with Crippen molar-refractivity contribution in [2.75, 3.05) is 10.6 Å². The molecule has 1 aliphatic rings. The van der Waals surface area contributed by atoms with E-state index in [1.807, 2.05) is 30.3 Å². The number of para-hydroxylation sites is 2. The molecule has 0 saturated carbocycles. The molecule has 9 rings (SSSR count). The van der Waals surface area contributed by atoms with E-state index in [0.29, 0.717) is 5.56 Å². The van der Waals surface area contributed by atoms with Gasteiger partial charge in [0.25, 0.3) is 0 Å². The van der Waals surface area contributed by atoms with Gasteiger partial charge in [0.05, 0.1) is 11.6 Å². The molecule has 0 bridgehead atoms. The summed E-state index contributed by atoms with van der Waals surface area (Å²) in [6.45, 7) is 0. The maximum Gasteiger partial charge on any atom is 0.0992 e. The van der Waals surface area contributed by atoms with Crippen molar-refractivity contribution in [3.05, 3.63) is 224 Å². The first-order valence-electron chi connectivity index (χ1n) is 19.7. The number of rotatable bonds is 10. The molecule has 1 aliphatic carbocycles. The average Bonchev–Trinajstić information content (AvgIpc) is 3.30. The van der Waals surface area contributed by atoms with Crippen LogP contribution in [0.5, 0.6) is 0 Å². The second-order valence-corrected chi connectivity index (χ2v) is 14.6. The Hall–Kier alpha value is -7.67. The van der Waals surface area contributed by atoms with Gasteiger partial charge < -0.3 is 10.6 Å². The highest BCUT2D eigenvalue weighted by atomic mass is 14.9. The Bertz CT molecular complexity index is 2810. The standard InChI is InChI=1S/C55H41N3/c56-38-39-32-48(45-18-13-19-47(35-45)52-24-10-11-25-54(52)57-50-20-6-2-7-21-50)36-49(33-39)46-30-31-55(58-51-22-8-3-9-23-51)53(37-46)42-28-26-41(27-29-42)44-17-12-16-43(34-44)40-14-4-1-5-15-40/h1-22,24-37,51,57-58H,23H2. The van der Waals surface area contributed by atoms with Gasteiger partial charge in [-0.2, -0.15) is 5.26 Å². The molecule has 0 aromatic heterocycles. The predicted molar refractivity (Wildman–Crippen MR) is 244 cm³/mol. The molecule has 0 radical (unpaired) electrons. The van der Waals surface area contributed by atoms with Crippen molar-refractivity contribution in [1.29, 1.82) is 5.26 Å². The van der Waals surface area contributed by atoms with Crippen molar-refractivity contribution in [1.82, 2.24) is 0 Å². The van der Waals surface area contributed by atoms with E-state index < -0.39 is 0 Å². The average molecular weight is 744 g/mol. The normalized spacial score (nSPS) is 13.1. The summed E-state index contributed by atoms with van der Waals surface area (Å²) in [7, 11) is 0. The summed E-state index contributed by atoms with van der Waals surface area (Å²) < 4.78 is 0. The highest BCUT2D eigenvalue weighted by Crippen LogP contribution is 2.38. The van der Waals surface area contributed by atoms with Crippen LogP contribution >= 0.6 is 0 Å². The Morgan fingerprint density at radius 2 is 0.966 bits per heavy atom. The fourth-order valence-electron chi connectivity index (χ4n) is 7.74. The van der Waals surface area contributed by atoms with E-state index >= 15 is 0 Å². The molecule has 0 saturated heterocycles. The minimum absolute atomic E-state index is 0.198. The third kappa shape index (κ3) is 8.00. The van der Waals surface area contributed by atoms with Gasteiger partial charge in [-0.1, -0.05) is 158 Å². The molecule has 58 heavy (non-hydrogen) atoms. The van der Waals surface area contributed by atoms with Gasteiger partial charge in [-0.05, 0) is 123 Å². The molecule has 1 unspecified atom stereocenters. The van der Waals surface area contributed by atoms with Crippen LogP contribution in [-0.2, 0) is 0 Å². The van der Waals surface area contributed by atoms with E-state index in [0.717, 1.165) is 68.0 Å². The molecule has 3 heteroatoms. The van der Waals surface area contributed by atoms with Crippen LogP contribution in [-0.4, -0.2) is 6.04 Å². The molecule has 276 valence electrons. The molecule has 1 atom stereocenters. The van der Waals surface area contributed by atoms with Gasteiger partial charge >= 0.3 is 0 Å². The second kappa shape index (κ2) is 16.6. The maximum absolute atomic E-state index is 10.3. The van der Waals surface area contributed by atoms with Crippen LogP contribution in [0.15, 0.2) is 218 Å². The van der Waals surface area contributed by atoms with Crippen molar-refractivity contribution in [3.63, 3.8) is 0 Å². The van der Waals surface area contributed by atoms with Gasteiger partial charge in [0.15, 0.2) is 0 Å². The first-order chi connectivity index (χ1) is 28.7. The first-order valence-corrected chi connectivity index (χ1v) is 19.7. The van der Waals surface area contributed by atoms with Gasteiger partial charge in [-0.3, -0.25) is 0 Å². The third-order valence-corrected chi connectivity index (χ3v) is 10.7. The number of hydrogen-bond acceptors (Lipinski definition) is 3. The van der Waals surface area contributed by atoms with Crippen LogP contribution in [0.3, 0.4) is 0 Å². The van der Waals surface area contributed by atoms with E-state index in [9.17, 15) is 5.26 Å². The largest absolute Gasteiger partial charge is 0.378 e. The number of anilines is 3. The summed E-state index contributed by atoms with van der Waals surface area (Å²) in [6.07, 6.45) is 9.55. The van der Waals surface area contributed by atoms with Crippen LogP contribution in [0, 0.1) is 11.3 Å². The van der Waals surface area contributed by atoms with E-state index in [4.69, 9.17) is 0 Å². The summed E-state index contributed by atoms with van der Waals surface area (Å²) in [4.78, 5) is 0. The highest BCUT2D eigenvalue weighted by Gasteiger charge is 2.15. The monoisotopic (exact) mass is 743 g/mol. The van der Waals surface area contributed by atoms with E-state index in [2.05, 4.69) is 205 Å². The number of nitrogens with one attached hydrogen (secondary N) is 2. The molecule has 2 N–H and O–H groups in total. The van der Waals surface area contributed by atoms with Crippen molar-refractivity contribution >= 4 is 17.1 Å². The third-order valence-electron chi connectivity index (χ3n) is 10.7. The summed E-state index contributed by atoms with van der Waals surface area (Å²) in [5.41, 5.74) is 17.0. The van der Waals surface area contributed by atoms with Crippen molar-refractivity contribution < 1.29 is 0 Å². The lowest BCUT2D eigenvalue weighted by molar-refractivity contribution is 0.884. The smallest absolute Gasteiger partial charge is 0.0992 e. The van der Waals surface area contributed by atoms with Gasteiger partial charge in [-0.25, -0.2) is 0 Å². The predicted octanol–water partition coefficient (Wildman–Crippen LogP) is 14.6. The SMILES string of the molecule is N#Cc1cc(-c2cccc(-c3ccccc3Nc3ccccc3)c2)cc(-c2ccc(NC3C=CC=CC3)c(-c3ccc(-c4cccc(-c5ccccc5)c4)cc3)c2)c1. The highest BCUT2D eigenvalue weighted by molar-refractivity contribution is 5.88. The zero-order valence-electron chi connectivity index (χ0n) is 32.0. The molecule has 0 fully saturated rings. The fourth-order valence-corrected chi connectivity index (χ4v) is 7.74. The van der Waals surface area contributed by atoms with Crippen LogP contribution in [0.2, 0.25) is 0 Å². The molecule has 0 aliphatic heterocycles. The Morgan fingerprint density at radius 1 is 0.414 bits per heavy atom. The number of hydrogen-bond donors (Lipinski definition) is 2. The van der Waals surface area contributed by atoms with Gasteiger partial charge in [0.1, 0.15) is 0 Å². The lowest BCUT2D eigenvalue weighted by Crippen LogP contribution is -2.17. The van der Waals surface area contributed by atoms with Gasteiger partial charge in [0.2, 0.25) is 0 Å². The van der Waals surface area contributed by atoms with Crippen LogP contribution < -0.4 is 10.6 Å². The van der Waals surface area contributed by atoms with E-state index in [1.165, 1.54) is 22.3 Å². The summed E-state index contributed by atoms with van der Waals surface area (Å²) in [6, 6.07) is 70.8. The van der Waals surface area contributed by atoms with Gasteiger partial charge in [0, 0.05) is 34.2 Å². The molecular weight excluding hydrogens is 703 g/mol. The summed E-state index contributed by atoms with van der Waals surface area (Å²) in [5.74, 6) is 0. The lowest BCUT2D eigenvalue weighted by atomic mass is 9.91. The summed E-state index contributed by atoms with van der Waals surface area (Å²) in [5, 5.41) is 17.7. The fraction of sp³-hybridized carbons (Fsp3) is 0.0364. The minimum atomic E-state index is 0.198. The minimum Gasteiger partial charge on any atom is -0.378 e. The van der Waals surface area contributed by atoms with E-state index in [1.54, 1.807) is 0 Å². The van der Waals surface area contributed by atoms with Crippen LogP contribution in [0.1, 0.15) is 12.0 Å². The Kier molecular flexibility index (Phi) is 10.3.